The molecule has 1 amide bonds. The molecule has 0 aromatic carbocycles. The van der Waals surface area contributed by atoms with Crippen molar-refractivity contribution < 1.29 is 4.79 Å². The van der Waals surface area contributed by atoms with E-state index < -0.39 is 0 Å². The molecule has 1 saturated heterocycles. The molecule has 8 nitrogen and oxygen atoms in total. The zero-order valence-corrected chi connectivity index (χ0v) is 11.2. The average molecular weight is 275 g/mol. The third kappa shape index (κ3) is 2.84. The molecule has 1 atom stereocenters. The summed E-state index contributed by atoms with van der Waals surface area (Å²) in [5.41, 5.74) is 0. The van der Waals surface area contributed by atoms with Crippen LogP contribution in [0.4, 0.5) is 0 Å². The van der Waals surface area contributed by atoms with E-state index in [1.165, 1.54) is 11.0 Å². The SMILES string of the molecule is O=C(Cn1cnnn1)N1CCCC[C@H]1Cn1cccn1. The quantitative estimate of drug-likeness (QED) is 0.781. The van der Waals surface area contributed by atoms with E-state index in [-0.39, 0.29) is 18.5 Å². The fourth-order valence-corrected chi connectivity index (χ4v) is 2.63. The van der Waals surface area contributed by atoms with Gasteiger partial charge in [-0.15, -0.1) is 5.10 Å². The van der Waals surface area contributed by atoms with Crippen molar-refractivity contribution in [1.82, 2.24) is 34.9 Å². The van der Waals surface area contributed by atoms with Gasteiger partial charge in [-0.1, -0.05) is 0 Å². The Bertz CT molecular complexity index is 536. The summed E-state index contributed by atoms with van der Waals surface area (Å²) >= 11 is 0. The van der Waals surface area contributed by atoms with Gasteiger partial charge in [0.15, 0.2) is 0 Å². The molecule has 8 heteroatoms. The summed E-state index contributed by atoms with van der Waals surface area (Å²) in [7, 11) is 0. The fraction of sp³-hybridized carbons (Fsp3) is 0.583. The summed E-state index contributed by atoms with van der Waals surface area (Å²) in [6, 6.07) is 2.10. The maximum atomic E-state index is 12.4. The summed E-state index contributed by atoms with van der Waals surface area (Å²) < 4.78 is 3.34. The smallest absolute Gasteiger partial charge is 0.244 e. The van der Waals surface area contributed by atoms with Crippen LogP contribution in [0.3, 0.4) is 0 Å². The molecule has 0 aliphatic carbocycles. The maximum Gasteiger partial charge on any atom is 0.244 e. The molecule has 0 spiro atoms. The summed E-state index contributed by atoms with van der Waals surface area (Å²) in [6.45, 7) is 1.74. The van der Waals surface area contributed by atoms with Crippen LogP contribution in [0.1, 0.15) is 19.3 Å². The van der Waals surface area contributed by atoms with Gasteiger partial charge in [-0.25, -0.2) is 4.68 Å². The first-order chi connectivity index (χ1) is 9.83. The molecule has 0 unspecified atom stereocenters. The summed E-state index contributed by atoms with van der Waals surface area (Å²) in [4.78, 5) is 14.3. The number of likely N-dealkylation sites (tertiary alicyclic amines) is 1. The highest BCUT2D eigenvalue weighted by Crippen LogP contribution is 2.18. The first kappa shape index (κ1) is 12.8. The van der Waals surface area contributed by atoms with Crippen molar-refractivity contribution in [3.63, 3.8) is 0 Å². The Morgan fingerprint density at radius 2 is 2.25 bits per heavy atom. The topological polar surface area (TPSA) is 81.7 Å². The zero-order valence-electron chi connectivity index (χ0n) is 11.2. The van der Waals surface area contributed by atoms with Gasteiger partial charge in [-0.3, -0.25) is 9.48 Å². The van der Waals surface area contributed by atoms with E-state index in [0.717, 1.165) is 32.4 Å². The Labute approximate surface area is 116 Å². The van der Waals surface area contributed by atoms with Crippen LogP contribution in [0.15, 0.2) is 24.8 Å². The lowest BCUT2D eigenvalue weighted by atomic mass is 10.0. The van der Waals surface area contributed by atoms with E-state index in [9.17, 15) is 4.79 Å². The highest BCUT2D eigenvalue weighted by Gasteiger charge is 2.27. The van der Waals surface area contributed by atoms with E-state index in [2.05, 4.69) is 20.6 Å². The first-order valence-electron chi connectivity index (χ1n) is 6.80. The minimum Gasteiger partial charge on any atom is -0.336 e. The number of amides is 1. The van der Waals surface area contributed by atoms with Crippen LogP contribution < -0.4 is 0 Å². The second-order valence-electron chi connectivity index (χ2n) is 4.97. The summed E-state index contributed by atoms with van der Waals surface area (Å²) in [6.07, 6.45) is 8.37. The number of carbonyl (C=O) groups is 1. The van der Waals surface area contributed by atoms with Gasteiger partial charge >= 0.3 is 0 Å². The highest BCUT2D eigenvalue weighted by atomic mass is 16.2. The van der Waals surface area contributed by atoms with E-state index in [0.29, 0.717) is 0 Å². The van der Waals surface area contributed by atoms with Crippen LogP contribution in [-0.2, 0) is 17.9 Å². The van der Waals surface area contributed by atoms with Gasteiger partial charge in [0.2, 0.25) is 5.91 Å². The highest BCUT2D eigenvalue weighted by molar-refractivity contribution is 5.76. The number of piperidine rings is 1. The van der Waals surface area contributed by atoms with Crippen molar-refractivity contribution in [2.24, 2.45) is 0 Å². The van der Waals surface area contributed by atoms with Gasteiger partial charge in [0.1, 0.15) is 12.9 Å². The molecule has 3 heterocycles. The maximum absolute atomic E-state index is 12.4. The van der Waals surface area contributed by atoms with Gasteiger partial charge in [0.05, 0.1) is 12.6 Å². The van der Waals surface area contributed by atoms with E-state index in [4.69, 9.17) is 0 Å². The molecule has 106 valence electrons. The minimum absolute atomic E-state index is 0.0640. The Morgan fingerprint density at radius 3 is 3.00 bits per heavy atom. The second kappa shape index (κ2) is 5.81. The summed E-state index contributed by atoms with van der Waals surface area (Å²) in [5, 5.41) is 15.1. The number of nitrogens with zero attached hydrogens (tertiary/aromatic N) is 7. The normalized spacial score (nSPS) is 19.2. The van der Waals surface area contributed by atoms with Crippen molar-refractivity contribution in [2.45, 2.75) is 38.4 Å². The van der Waals surface area contributed by atoms with Crippen molar-refractivity contribution in [3.8, 4) is 0 Å². The lowest BCUT2D eigenvalue weighted by Gasteiger charge is -2.35. The van der Waals surface area contributed by atoms with E-state index in [1.807, 2.05) is 21.8 Å². The molecule has 0 radical (unpaired) electrons. The molecule has 20 heavy (non-hydrogen) atoms. The van der Waals surface area contributed by atoms with Crippen LogP contribution in [0.25, 0.3) is 0 Å². The molecular formula is C12H17N7O. The standard InChI is InChI=1S/C12H17N7O/c20-12(9-18-10-13-15-16-18)19-7-2-1-4-11(19)8-17-6-3-5-14-17/h3,5-6,10-11H,1-2,4,7-9H2/t11-/m0/s1. The van der Waals surface area contributed by atoms with Crippen LogP contribution >= 0.6 is 0 Å². The average Bonchev–Trinajstić information content (AvgIpc) is 3.13. The predicted molar refractivity (Wildman–Crippen MR) is 69.4 cm³/mol. The molecule has 2 aromatic rings. The van der Waals surface area contributed by atoms with Crippen LogP contribution in [0, 0.1) is 0 Å². The van der Waals surface area contributed by atoms with Crippen LogP contribution in [-0.4, -0.2) is 53.4 Å². The molecule has 3 rings (SSSR count). The molecule has 2 aromatic heterocycles. The van der Waals surface area contributed by atoms with Crippen LogP contribution in [0.5, 0.6) is 0 Å². The monoisotopic (exact) mass is 275 g/mol. The van der Waals surface area contributed by atoms with E-state index in [1.54, 1.807) is 6.20 Å². The van der Waals surface area contributed by atoms with E-state index >= 15 is 0 Å². The number of tetrazole rings is 1. The fourth-order valence-electron chi connectivity index (χ4n) is 2.63. The lowest BCUT2D eigenvalue weighted by molar-refractivity contribution is -0.136. The number of rotatable bonds is 4. The lowest BCUT2D eigenvalue weighted by Crippen LogP contribution is -2.47. The van der Waals surface area contributed by atoms with Crippen molar-refractivity contribution in [3.05, 3.63) is 24.8 Å². The third-order valence-electron chi connectivity index (χ3n) is 3.59. The third-order valence-corrected chi connectivity index (χ3v) is 3.59. The van der Waals surface area contributed by atoms with Gasteiger partial charge < -0.3 is 4.90 Å². The van der Waals surface area contributed by atoms with Gasteiger partial charge in [-0.2, -0.15) is 5.10 Å². The minimum atomic E-state index is 0.0640. The molecule has 1 aliphatic rings. The molecule has 0 N–H and O–H groups in total. The largest absolute Gasteiger partial charge is 0.336 e. The Kier molecular flexibility index (Phi) is 3.71. The second-order valence-corrected chi connectivity index (χ2v) is 4.97. The van der Waals surface area contributed by atoms with Gasteiger partial charge in [0, 0.05) is 18.9 Å². The van der Waals surface area contributed by atoms with Crippen molar-refractivity contribution >= 4 is 5.91 Å². The van der Waals surface area contributed by atoms with Gasteiger partial charge in [0.25, 0.3) is 0 Å². The van der Waals surface area contributed by atoms with Crippen LogP contribution in [0.2, 0.25) is 0 Å². The molecule has 1 aliphatic heterocycles. The molecule has 0 bridgehead atoms. The number of aromatic nitrogens is 6. The van der Waals surface area contributed by atoms with Crippen molar-refractivity contribution in [2.75, 3.05) is 6.54 Å². The Balaban J connectivity index is 1.66. The van der Waals surface area contributed by atoms with Crippen molar-refractivity contribution in [1.29, 1.82) is 0 Å². The number of hydrogen-bond donors (Lipinski definition) is 0. The number of hydrogen-bond acceptors (Lipinski definition) is 5. The Hall–Kier alpha value is -2.25. The first-order valence-corrected chi connectivity index (χ1v) is 6.80. The molecule has 1 fully saturated rings. The van der Waals surface area contributed by atoms with Gasteiger partial charge in [-0.05, 0) is 35.8 Å². The summed E-state index contributed by atoms with van der Waals surface area (Å²) in [5.74, 6) is 0.0640. The number of carbonyl (C=O) groups excluding carboxylic acids is 1. The Morgan fingerprint density at radius 1 is 1.30 bits per heavy atom. The zero-order chi connectivity index (χ0) is 13.8. The predicted octanol–water partition coefficient (Wildman–Crippen LogP) is -0.0491. The molecular weight excluding hydrogens is 258 g/mol. The molecule has 0 saturated carbocycles.